The molecule has 1 amide bonds. The smallest absolute Gasteiger partial charge is 0.332 e. The third-order valence-electron chi connectivity index (χ3n) is 5.83. The molecule has 3 rings (SSSR count). The zero-order valence-corrected chi connectivity index (χ0v) is 19.3. The number of rotatable bonds is 7. The maximum absolute atomic E-state index is 12.8. The van der Waals surface area contributed by atoms with Crippen molar-refractivity contribution < 1.29 is 22.7 Å². The first-order chi connectivity index (χ1) is 15.0. The number of sulfone groups is 1. The molecule has 12 nitrogen and oxygen atoms in total. The topological polar surface area (TPSA) is 143 Å². The molecule has 0 radical (unpaired) electrons. The van der Waals surface area contributed by atoms with Crippen LogP contribution in [-0.2, 0) is 44.8 Å². The van der Waals surface area contributed by atoms with E-state index in [1.54, 1.807) is 0 Å². The largest absolute Gasteiger partial charge is 0.454 e. The average Bonchev–Trinajstić information content (AvgIpc) is 3.32. The summed E-state index contributed by atoms with van der Waals surface area (Å²) in [4.78, 5) is 55.2. The van der Waals surface area contributed by atoms with Crippen molar-refractivity contribution in [1.82, 2.24) is 23.6 Å². The Morgan fingerprint density at radius 3 is 2.56 bits per heavy atom. The number of nitrogens with zero attached hydrogens (tertiary/aromatic N) is 5. The molecule has 0 aliphatic carbocycles. The Morgan fingerprint density at radius 2 is 1.97 bits per heavy atom. The molecule has 0 saturated carbocycles. The summed E-state index contributed by atoms with van der Waals surface area (Å²) in [7, 11) is -0.396. The van der Waals surface area contributed by atoms with E-state index in [0.717, 1.165) is 4.57 Å². The molecule has 1 fully saturated rings. The van der Waals surface area contributed by atoms with Crippen LogP contribution >= 0.6 is 0 Å². The monoisotopic (exact) mass is 469 g/mol. The van der Waals surface area contributed by atoms with E-state index in [1.165, 1.54) is 34.5 Å². The second-order valence-corrected chi connectivity index (χ2v) is 10.3. The first kappa shape index (κ1) is 23.7. The number of hydrogen-bond acceptors (Lipinski definition) is 8. The summed E-state index contributed by atoms with van der Waals surface area (Å²) in [6.45, 7) is 2.79. The van der Waals surface area contributed by atoms with E-state index in [-0.39, 0.29) is 35.3 Å². The zero-order valence-electron chi connectivity index (χ0n) is 18.5. The minimum absolute atomic E-state index is 0.0306. The molecule has 1 aliphatic rings. The Morgan fingerprint density at radius 1 is 1.28 bits per heavy atom. The maximum atomic E-state index is 12.8. The molecule has 1 saturated heterocycles. The lowest BCUT2D eigenvalue weighted by Gasteiger charge is -2.33. The highest BCUT2D eigenvalue weighted by Crippen LogP contribution is 2.21. The van der Waals surface area contributed by atoms with Gasteiger partial charge in [0, 0.05) is 26.2 Å². The quantitative estimate of drug-likeness (QED) is 0.460. The summed E-state index contributed by atoms with van der Waals surface area (Å²) in [6.07, 6.45) is 2.23. The fourth-order valence-corrected chi connectivity index (χ4v) is 5.63. The number of amides is 1. The number of esters is 1. The van der Waals surface area contributed by atoms with Gasteiger partial charge in [-0.2, -0.15) is 0 Å². The number of hydrogen-bond donors (Lipinski definition) is 0. The lowest BCUT2D eigenvalue weighted by Crippen LogP contribution is -2.48. The number of aromatic nitrogens is 4. The highest BCUT2D eigenvalue weighted by molar-refractivity contribution is 7.91. The normalized spacial score (nSPS) is 18.6. The van der Waals surface area contributed by atoms with Crippen LogP contribution in [0.2, 0.25) is 0 Å². The molecule has 0 N–H and O–H groups in total. The molecule has 32 heavy (non-hydrogen) atoms. The molecular formula is C19H27N5O7S. The lowest BCUT2D eigenvalue weighted by molar-refractivity contribution is -0.154. The van der Waals surface area contributed by atoms with Crippen LogP contribution in [0.5, 0.6) is 0 Å². The van der Waals surface area contributed by atoms with E-state index in [2.05, 4.69) is 4.98 Å². The van der Waals surface area contributed by atoms with Gasteiger partial charge in [0.15, 0.2) is 27.6 Å². The van der Waals surface area contributed by atoms with E-state index >= 15 is 0 Å². The van der Waals surface area contributed by atoms with E-state index < -0.39 is 45.6 Å². The van der Waals surface area contributed by atoms with Crippen molar-refractivity contribution in [1.29, 1.82) is 0 Å². The Labute approximate surface area is 184 Å². The van der Waals surface area contributed by atoms with Crippen molar-refractivity contribution >= 4 is 32.9 Å². The number of imidazole rings is 1. The molecule has 3 heterocycles. The summed E-state index contributed by atoms with van der Waals surface area (Å²) in [5.74, 6) is -1.30. The van der Waals surface area contributed by atoms with E-state index in [0.29, 0.717) is 12.8 Å². The summed E-state index contributed by atoms with van der Waals surface area (Å²) < 4.78 is 32.2. The van der Waals surface area contributed by atoms with Crippen LogP contribution in [0.15, 0.2) is 15.9 Å². The Balaban J connectivity index is 1.72. The Bertz CT molecular complexity index is 1270. The molecule has 13 heteroatoms. The van der Waals surface area contributed by atoms with Crippen LogP contribution in [0.1, 0.15) is 26.7 Å². The highest BCUT2D eigenvalue weighted by Gasteiger charge is 2.36. The van der Waals surface area contributed by atoms with Gasteiger partial charge in [0.05, 0.1) is 17.8 Å². The number of aryl methyl sites for hydroxylation is 1. The van der Waals surface area contributed by atoms with Gasteiger partial charge in [-0.15, -0.1) is 0 Å². The Kier molecular flexibility index (Phi) is 6.58. The highest BCUT2D eigenvalue weighted by atomic mass is 32.2. The molecule has 2 aromatic heterocycles. The average molecular weight is 470 g/mol. The van der Waals surface area contributed by atoms with Gasteiger partial charge in [0.2, 0.25) is 0 Å². The minimum Gasteiger partial charge on any atom is -0.454 e. The van der Waals surface area contributed by atoms with Crippen molar-refractivity contribution in [3.8, 4) is 0 Å². The molecular weight excluding hydrogens is 442 g/mol. The fourth-order valence-electron chi connectivity index (χ4n) is 3.92. The minimum atomic E-state index is -3.18. The molecule has 0 aromatic carbocycles. The SMILES string of the molecule is CC[C@H](C)N(C(=O)COC(=O)Cn1cnc2c1c(=O)n(C)c(=O)n2C)[C@H]1CCS(=O)(=O)C1. The third kappa shape index (κ3) is 4.47. The molecule has 2 atom stereocenters. The van der Waals surface area contributed by atoms with Crippen molar-refractivity contribution in [3.05, 3.63) is 27.2 Å². The van der Waals surface area contributed by atoms with Gasteiger partial charge in [0.1, 0.15) is 6.54 Å². The predicted molar refractivity (Wildman–Crippen MR) is 115 cm³/mol. The van der Waals surface area contributed by atoms with Gasteiger partial charge < -0.3 is 14.2 Å². The van der Waals surface area contributed by atoms with Gasteiger partial charge in [0.25, 0.3) is 11.5 Å². The van der Waals surface area contributed by atoms with Gasteiger partial charge >= 0.3 is 11.7 Å². The molecule has 0 spiro atoms. The Hall–Kier alpha value is -2.96. The second kappa shape index (κ2) is 8.88. The number of carbonyl (C=O) groups is 2. The summed E-state index contributed by atoms with van der Waals surface area (Å²) in [5.41, 5.74) is -0.947. The zero-order chi connectivity index (χ0) is 23.8. The molecule has 0 bridgehead atoms. The molecule has 176 valence electrons. The number of fused-ring (bicyclic) bond motifs is 1. The first-order valence-corrected chi connectivity index (χ1v) is 12.1. The van der Waals surface area contributed by atoms with Crippen molar-refractivity contribution in [2.45, 2.75) is 45.3 Å². The van der Waals surface area contributed by atoms with Crippen molar-refractivity contribution in [3.63, 3.8) is 0 Å². The van der Waals surface area contributed by atoms with Crippen LogP contribution in [0.3, 0.4) is 0 Å². The van der Waals surface area contributed by atoms with Gasteiger partial charge in [-0.1, -0.05) is 6.92 Å². The summed E-state index contributed by atoms with van der Waals surface area (Å²) >= 11 is 0. The van der Waals surface area contributed by atoms with Gasteiger partial charge in [-0.3, -0.25) is 23.5 Å². The summed E-state index contributed by atoms with van der Waals surface area (Å²) in [5, 5.41) is 0. The lowest BCUT2D eigenvalue weighted by atomic mass is 10.1. The van der Waals surface area contributed by atoms with Gasteiger partial charge in [-0.25, -0.2) is 18.2 Å². The van der Waals surface area contributed by atoms with E-state index in [9.17, 15) is 27.6 Å². The first-order valence-electron chi connectivity index (χ1n) is 10.2. The number of carbonyl (C=O) groups excluding carboxylic acids is 2. The molecule has 2 aromatic rings. The van der Waals surface area contributed by atoms with Crippen LogP contribution in [0.4, 0.5) is 0 Å². The number of ether oxygens (including phenoxy) is 1. The third-order valence-corrected chi connectivity index (χ3v) is 7.58. The van der Waals surface area contributed by atoms with Crippen LogP contribution < -0.4 is 11.2 Å². The molecule has 1 aliphatic heterocycles. The van der Waals surface area contributed by atoms with Crippen LogP contribution in [0.25, 0.3) is 11.2 Å². The van der Waals surface area contributed by atoms with E-state index in [1.807, 2.05) is 13.8 Å². The maximum Gasteiger partial charge on any atom is 0.332 e. The van der Waals surface area contributed by atoms with Crippen LogP contribution in [0, 0.1) is 0 Å². The van der Waals surface area contributed by atoms with Crippen LogP contribution in [-0.4, -0.2) is 74.1 Å². The predicted octanol–water partition coefficient (Wildman–Crippen LogP) is -1.21. The standard InChI is InChI=1S/C19H27N5O7S/c1-5-12(2)24(13-6-7-32(29,30)10-13)14(25)9-31-15(26)8-23-11-20-17-16(23)18(27)22(4)19(28)21(17)3/h11-13H,5-10H2,1-4H3/t12-,13-/m0/s1. The van der Waals surface area contributed by atoms with E-state index in [4.69, 9.17) is 4.74 Å². The van der Waals surface area contributed by atoms with Crippen molar-refractivity contribution in [2.75, 3.05) is 18.1 Å². The second-order valence-electron chi connectivity index (χ2n) is 8.03. The fraction of sp³-hybridized carbons (Fsp3) is 0.632. The summed E-state index contributed by atoms with van der Waals surface area (Å²) in [6, 6.07) is -0.649. The van der Waals surface area contributed by atoms with Gasteiger partial charge in [-0.05, 0) is 19.8 Å². The molecule has 0 unspecified atom stereocenters. The van der Waals surface area contributed by atoms with Crippen molar-refractivity contribution in [2.24, 2.45) is 14.1 Å².